The lowest BCUT2D eigenvalue weighted by Crippen LogP contribution is -2.14. The fraction of sp³-hybridized carbons (Fsp3) is 0.294. The lowest BCUT2D eigenvalue weighted by molar-refractivity contribution is 0.0729. The molecule has 0 N–H and O–H groups in total. The molecule has 2 rings (SSSR count). The second kappa shape index (κ2) is 7.94. The summed E-state index contributed by atoms with van der Waals surface area (Å²) < 4.78 is 11.7. The van der Waals surface area contributed by atoms with E-state index in [9.17, 15) is 4.79 Å². The van der Waals surface area contributed by atoms with Crippen molar-refractivity contribution < 1.29 is 14.3 Å². The highest BCUT2D eigenvalue weighted by Crippen LogP contribution is 2.28. The average Bonchev–Trinajstić information content (AvgIpc) is 2.52. The van der Waals surface area contributed by atoms with Gasteiger partial charge in [0.1, 0.15) is 15.9 Å². The molecule has 0 radical (unpaired) electrons. The van der Waals surface area contributed by atoms with E-state index in [1.54, 1.807) is 18.3 Å². The summed E-state index contributed by atoms with van der Waals surface area (Å²) in [6.07, 6.45) is 3.49. The zero-order chi connectivity index (χ0) is 15.9. The number of carbonyl (C=O) groups excluding carboxylic acids is 1. The van der Waals surface area contributed by atoms with Gasteiger partial charge in [-0.1, -0.05) is 31.5 Å². The van der Waals surface area contributed by atoms with Crippen molar-refractivity contribution in [3.8, 4) is 11.5 Å². The van der Waals surface area contributed by atoms with Crippen LogP contribution in [-0.2, 0) is 0 Å². The molecule has 0 bridgehead atoms. The Hall–Kier alpha value is -1.88. The number of esters is 1. The Bertz CT molecular complexity index is 644. The lowest BCUT2D eigenvalue weighted by Gasteiger charge is -2.13. The fourth-order valence-corrected chi connectivity index (χ4v) is 2.20. The van der Waals surface area contributed by atoms with Crippen LogP contribution in [0.4, 0.5) is 0 Å². The molecule has 0 atom stereocenters. The maximum absolute atomic E-state index is 12.5. The van der Waals surface area contributed by atoms with E-state index in [1.807, 2.05) is 25.1 Å². The Morgan fingerprint density at radius 2 is 2.00 bits per heavy atom. The maximum Gasteiger partial charge on any atom is 0.347 e. The van der Waals surface area contributed by atoms with E-state index < -0.39 is 5.97 Å². The Balaban J connectivity index is 2.26. The molecule has 0 spiro atoms. The number of nitrogens with zero attached hydrogens (tertiary/aromatic N) is 1. The molecule has 0 saturated carbocycles. The third-order valence-electron chi connectivity index (χ3n) is 3.14. The van der Waals surface area contributed by atoms with Gasteiger partial charge in [0.25, 0.3) is 0 Å². The van der Waals surface area contributed by atoms with Crippen molar-refractivity contribution in [1.82, 2.24) is 4.98 Å². The zero-order valence-electron chi connectivity index (χ0n) is 12.6. The van der Waals surface area contributed by atoms with Gasteiger partial charge in [-0.15, -0.1) is 0 Å². The van der Waals surface area contributed by atoms with Gasteiger partial charge < -0.3 is 9.47 Å². The first kappa shape index (κ1) is 16.5. The SMILES string of the molecule is CCCCOc1cnc(Br)c(C)c1C(=O)Oc1ccccc1. The lowest BCUT2D eigenvalue weighted by atomic mass is 10.1. The molecule has 0 amide bonds. The average molecular weight is 364 g/mol. The molecule has 4 nitrogen and oxygen atoms in total. The van der Waals surface area contributed by atoms with Crippen molar-refractivity contribution in [1.29, 1.82) is 0 Å². The van der Waals surface area contributed by atoms with E-state index in [4.69, 9.17) is 9.47 Å². The molecular formula is C17H18BrNO3. The third-order valence-corrected chi connectivity index (χ3v) is 3.94. The quantitative estimate of drug-likeness (QED) is 0.327. The van der Waals surface area contributed by atoms with Gasteiger partial charge in [0.15, 0.2) is 5.75 Å². The molecule has 0 aliphatic rings. The number of ether oxygens (including phenoxy) is 2. The number of rotatable bonds is 6. The largest absolute Gasteiger partial charge is 0.491 e. The van der Waals surface area contributed by atoms with Crippen molar-refractivity contribution in [2.75, 3.05) is 6.61 Å². The highest BCUT2D eigenvalue weighted by Gasteiger charge is 2.20. The first-order chi connectivity index (χ1) is 10.6. The summed E-state index contributed by atoms with van der Waals surface area (Å²) in [5.41, 5.74) is 1.11. The predicted molar refractivity (Wildman–Crippen MR) is 88.5 cm³/mol. The van der Waals surface area contributed by atoms with Crippen LogP contribution in [0.1, 0.15) is 35.7 Å². The number of pyridine rings is 1. The third kappa shape index (κ3) is 4.07. The van der Waals surface area contributed by atoms with Crippen molar-refractivity contribution >= 4 is 21.9 Å². The number of aromatic nitrogens is 1. The van der Waals surface area contributed by atoms with E-state index in [-0.39, 0.29) is 0 Å². The summed E-state index contributed by atoms with van der Waals surface area (Å²) in [6.45, 7) is 4.44. The number of benzene rings is 1. The number of hydrogen-bond acceptors (Lipinski definition) is 4. The van der Waals surface area contributed by atoms with Gasteiger partial charge in [-0.05, 0) is 41.4 Å². The number of para-hydroxylation sites is 1. The highest BCUT2D eigenvalue weighted by atomic mass is 79.9. The molecule has 1 aromatic heterocycles. The van der Waals surface area contributed by atoms with Crippen molar-refractivity contribution in [3.63, 3.8) is 0 Å². The van der Waals surface area contributed by atoms with Crippen LogP contribution in [0, 0.1) is 6.92 Å². The molecule has 1 aromatic carbocycles. The van der Waals surface area contributed by atoms with E-state index in [1.165, 1.54) is 0 Å². The second-order valence-corrected chi connectivity index (χ2v) is 5.57. The Labute approximate surface area is 138 Å². The molecular weight excluding hydrogens is 346 g/mol. The van der Waals surface area contributed by atoms with Gasteiger partial charge in [-0.25, -0.2) is 9.78 Å². The Kier molecular flexibility index (Phi) is 5.95. The van der Waals surface area contributed by atoms with Gasteiger partial charge in [0.05, 0.1) is 12.8 Å². The number of hydrogen-bond donors (Lipinski definition) is 0. The molecule has 0 aliphatic carbocycles. The Morgan fingerprint density at radius 1 is 1.27 bits per heavy atom. The van der Waals surface area contributed by atoms with Crippen LogP contribution >= 0.6 is 15.9 Å². The van der Waals surface area contributed by atoms with Crippen molar-refractivity contribution in [2.45, 2.75) is 26.7 Å². The first-order valence-corrected chi connectivity index (χ1v) is 7.98. The fourth-order valence-electron chi connectivity index (χ4n) is 1.90. The number of halogens is 1. The topological polar surface area (TPSA) is 48.4 Å². The minimum Gasteiger partial charge on any atom is -0.491 e. The molecule has 1 heterocycles. The van der Waals surface area contributed by atoms with Gasteiger partial charge >= 0.3 is 5.97 Å². The van der Waals surface area contributed by atoms with Crippen LogP contribution < -0.4 is 9.47 Å². The monoisotopic (exact) mass is 363 g/mol. The zero-order valence-corrected chi connectivity index (χ0v) is 14.2. The Morgan fingerprint density at radius 3 is 2.68 bits per heavy atom. The normalized spacial score (nSPS) is 10.3. The van der Waals surface area contributed by atoms with Crippen LogP contribution in [0.15, 0.2) is 41.1 Å². The smallest absolute Gasteiger partial charge is 0.347 e. The summed E-state index contributed by atoms with van der Waals surface area (Å²) in [7, 11) is 0. The molecule has 0 aliphatic heterocycles. The maximum atomic E-state index is 12.5. The van der Waals surface area contributed by atoms with Crippen molar-refractivity contribution in [3.05, 3.63) is 52.3 Å². The van der Waals surface area contributed by atoms with Crippen LogP contribution in [0.3, 0.4) is 0 Å². The highest BCUT2D eigenvalue weighted by molar-refractivity contribution is 9.10. The number of unbranched alkanes of at least 4 members (excludes halogenated alkanes) is 1. The number of carbonyl (C=O) groups is 1. The molecule has 0 fully saturated rings. The first-order valence-electron chi connectivity index (χ1n) is 7.18. The van der Waals surface area contributed by atoms with E-state index >= 15 is 0 Å². The summed E-state index contributed by atoms with van der Waals surface area (Å²) >= 11 is 3.34. The molecule has 5 heteroatoms. The minimum atomic E-state index is -0.446. The minimum absolute atomic E-state index is 0.404. The van der Waals surface area contributed by atoms with Crippen molar-refractivity contribution in [2.24, 2.45) is 0 Å². The van der Waals surface area contributed by atoms with Gasteiger partial charge in [0.2, 0.25) is 0 Å². The summed E-state index contributed by atoms with van der Waals surface area (Å²) in [5.74, 6) is 0.507. The predicted octanol–water partition coefficient (Wildman–Crippen LogP) is 4.55. The van der Waals surface area contributed by atoms with Crippen LogP contribution in [0.5, 0.6) is 11.5 Å². The molecule has 22 heavy (non-hydrogen) atoms. The van der Waals surface area contributed by atoms with Crippen LogP contribution in [0.2, 0.25) is 0 Å². The van der Waals surface area contributed by atoms with Gasteiger partial charge in [0, 0.05) is 5.56 Å². The van der Waals surface area contributed by atoms with Crippen LogP contribution in [-0.4, -0.2) is 17.6 Å². The summed E-state index contributed by atoms with van der Waals surface area (Å²) in [4.78, 5) is 16.7. The van der Waals surface area contributed by atoms with Gasteiger partial charge in [-0.3, -0.25) is 0 Å². The summed E-state index contributed by atoms with van der Waals surface area (Å²) in [5, 5.41) is 0. The molecule has 116 valence electrons. The summed E-state index contributed by atoms with van der Waals surface area (Å²) in [6, 6.07) is 8.97. The molecule has 0 saturated heterocycles. The molecule has 2 aromatic rings. The standard InChI is InChI=1S/C17H18BrNO3/c1-3-4-10-21-14-11-19-16(18)12(2)15(14)17(20)22-13-8-6-5-7-9-13/h5-9,11H,3-4,10H2,1-2H3. The van der Waals surface area contributed by atoms with Crippen LogP contribution in [0.25, 0.3) is 0 Å². The van der Waals surface area contributed by atoms with E-state index in [0.717, 1.165) is 12.8 Å². The molecule has 0 unspecified atom stereocenters. The van der Waals surface area contributed by atoms with Gasteiger partial charge in [-0.2, -0.15) is 0 Å². The van der Waals surface area contributed by atoms with E-state index in [2.05, 4.69) is 27.8 Å². The second-order valence-electron chi connectivity index (χ2n) is 4.82. The van der Waals surface area contributed by atoms with E-state index in [0.29, 0.717) is 33.8 Å².